The Kier molecular flexibility index (Phi) is 4.22. The van der Waals surface area contributed by atoms with Gasteiger partial charge in [-0.25, -0.2) is 0 Å². The van der Waals surface area contributed by atoms with Crippen molar-refractivity contribution in [1.82, 2.24) is 10.2 Å². The van der Waals surface area contributed by atoms with Gasteiger partial charge >= 0.3 is 0 Å². The lowest BCUT2D eigenvalue weighted by Crippen LogP contribution is -2.46. The first-order chi connectivity index (χ1) is 11.6. The summed E-state index contributed by atoms with van der Waals surface area (Å²) < 4.78 is 0. The van der Waals surface area contributed by atoms with Crippen molar-refractivity contribution in [1.29, 1.82) is 0 Å². The highest BCUT2D eigenvalue weighted by Crippen LogP contribution is 2.33. The molecule has 0 bridgehead atoms. The smallest absolute Gasteiger partial charge is 0.228 e. The number of carbonyl (C=O) groups is 2. The highest BCUT2D eigenvalue weighted by molar-refractivity contribution is 6.33. The summed E-state index contributed by atoms with van der Waals surface area (Å²) in [7, 11) is 0. The highest BCUT2D eigenvalue weighted by atomic mass is 35.5. The maximum absolute atomic E-state index is 12.9. The van der Waals surface area contributed by atoms with Crippen molar-refractivity contribution in [2.45, 2.75) is 12.8 Å². The van der Waals surface area contributed by atoms with E-state index in [9.17, 15) is 9.59 Å². The molecule has 1 aromatic carbocycles. The minimum atomic E-state index is -0.250. The number of nitrogens with zero attached hydrogens (tertiary/aromatic N) is 2. The number of fused-ring (bicyclic) bond motifs is 1. The minimum Gasteiger partial charge on any atom is -0.342 e. The van der Waals surface area contributed by atoms with Gasteiger partial charge in [0.1, 0.15) is 0 Å². The van der Waals surface area contributed by atoms with Crippen LogP contribution >= 0.6 is 11.6 Å². The molecule has 6 heteroatoms. The zero-order valence-corrected chi connectivity index (χ0v) is 14.3. The molecule has 3 atom stereocenters. The molecule has 0 radical (unpaired) electrons. The van der Waals surface area contributed by atoms with Crippen LogP contribution in [0, 0.1) is 17.8 Å². The van der Waals surface area contributed by atoms with Gasteiger partial charge in [0.2, 0.25) is 11.8 Å². The molecule has 3 fully saturated rings. The van der Waals surface area contributed by atoms with Crippen LogP contribution in [-0.2, 0) is 9.59 Å². The molecule has 5 nitrogen and oxygen atoms in total. The summed E-state index contributed by atoms with van der Waals surface area (Å²) in [6.45, 7) is 4.16. The van der Waals surface area contributed by atoms with E-state index in [0.29, 0.717) is 29.1 Å². The predicted molar refractivity (Wildman–Crippen MR) is 93.0 cm³/mol. The quantitative estimate of drug-likeness (QED) is 0.887. The van der Waals surface area contributed by atoms with Gasteiger partial charge in [0.05, 0.1) is 16.6 Å². The Balaban J connectivity index is 1.45. The second-order valence-electron chi connectivity index (χ2n) is 7.11. The van der Waals surface area contributed by atoms with Gasteiger partial charge in [-0.15, -0.1) is 0 Å². The van der Waals surface area contributed by atoms with Crippen LogP contribution < -0.4 is 10.2 Å². The Morgan fingerprint density at radius 1 is 1.17 bits per heavy atom. The summed E-state index contributed by atoms with van der Waals surface area (Å²) in [5, 5.41) is 3.97. The number of piperidine rings is 1. The minimum absolute atomic E-state index is 0.0149. The van der Waals surface area contributed by atoms with Gasteiger partial charge in [-0.05, 0) is 43.5 Å². The number of hydrogen-bond donors (Lipinski definition) is 1. The van der Waals surface area contributed by atoms with E-state index < -0.39 is 0 Å². The molecule has 3 aliphatic heterocycles. The summed E-state index contributed by atoms with van der Waals surface area (Å²) in [5.74, 6) is 1.14. The summed E-state index contributed by atoms with van der Waals surface area (Å²) >= 11 is 6.21. The molecule has 4 rings (SSSR count). The van der Waals surface area contributed by atoms with E-state index >= 15 is 0 Å². The molecule has 0 aromatic heterocycles. The van der Waals surface area contributed by atoms with Crippen molar-refractivity contribution in [2.24, 2.45) is 17.8 Å². The van der Waals surface area contributed by atoms with E-state index in [4.69, 9.17) is 11.6 Å². The number of carbonyl (C=O) groups excluding carboxylic acids is 2. The lowest BCUT2D eigenvalue weighted by molar-refractivity contribution is -0.138. The van der Waals surface area contributed by atoms with Crippen LogP contribution in [0.25, 0.3) is 0 Å². The van der Waals surface area contributed by atoms with E-state index in [1.54, 1.807) is 11.0 Å². The van der Waals surface area contributed by atoms with Gasteiger partial charge in [0, 0.05) is 26.1 Å². The van der Waals surface area contributed by atoms with Crippen LogP contribution in [0.2, 0.25) is 5.02 Å². The zero-order chi connectivity index (χ0) is 16.7. The molecule has 24 heavy (non-hydrogen) atoms. The molecule has 128 valence electrons. The fraction of sp³-hybridized carbons (Fsp3) is 0.556. The van der Waals surface area contributed by atoms with Crippen LogP contribution in [0.15, 0.2) is 24.3 Å². The van der Waals surface area contributed by atoms with E-state index in [-0.39, 0.29) is 24.2 Å². The molecular formula is C18H22ClN3O2. The number of likely N-dealkylation sites (tertiary alicyclic amines) is 1. The van der Waals surface area contributed by atoms with Gasteiger partial charge in [0.15, 0.2) is 0 Å². The Hall–Kier alpha value is -1.59. The first kappa shape index (κ1) is 15.9. The SMILES string of the molecule is O=C([C@@H]1CC(=O)N(c2ccccc2Cl)C1)N1CC[C@@H]2CNC[C@H]2C1. The predicted octanol–water partition coefficient (Wildman–Crippen LogP) is 1.76. The average Bonchev–Trinajstić information content (AvgIpc) is 3.20. The van der Waals surface area contributed by atoms with Crippen molar-refractivity contribution in [3.05, 3.63) is 29.3 Å². The lowest BCUT2D eigenvalue weighted by atomic mass is 9.88. The first-order valence-corrected chi connectivity index (χ1v) is 9.05. The molecule has 1 aromatic rings. The van der Waals surface area contributed by atoms with Crippen molar-refractivity contribution < 1.29 is 9.59 Å². The van der Waals surface area contributed by atoms with Crippen molar-refractivity contribution >= 4 is 29.1 Å². The maximum atomic E-state index is 12.9. The molecular weight excluding hydrogens is 326 g/mol. The molecule has 0 spiro atoms. The standard InChI is InChI=1S/C18H22ClN3O2/c19-15-3-1-2-4-16(15)22-11-13(7-17(22)23)18(24)21-6-5-12-8-20-9-14(12)10-21/h1-4,12-14,20H,5-11H2/t12-,13-,14+/m1/s1. The van der Waals surface area contributed by atoms with E-state index in [0.717, 1.165) is 32.6 Å². The van der Waals surface area contributed by atoms with Crippen LogP contribution in [0.4, 0.5) is 5.69 Å². The fourth-order valence-electron chi connectivity index (χ4n) is 4.27. The molecule has 3 aliphatic rings. The summed E-state index contributed by atoms with van der Waals surface area (Å²) in [4.78, 5) is 28.9. The van der Waals surface area contributed by atoms with Crippen molar-refractivity contribution in [3.8, 4) is 0 Å². The molecule has 0 saturated carbocycles. The molecule has 3 saturated heterocycles. The van der Waals surface area contributed by atoms with Crippen LogP contribution in [0.1, 0.15) is 12.8 Å². The fourth-order valence-corrected chi connectivity index (χ4v) is 4.51. The number of para-hydroxylation sites is 1. The summed E-state index contributed by atoms with van der Waals surface area (Å²) in [6.07, 6.45) is 1.35. The average molecular weight is 348 g/mol. The number of benzene rings is 1. The Morgan fingerprint density at radius 2 is 1.96 bits per heavy atom. The van der Waals surface area contributed by atoms with Gasteiger partial charge in [-0.1, -0.05) is 23.7 Å². The maximum Gasteiger partial charge on any atom is 0.228 e. The van der Waals surface area contributed by atoms with Crippen molar-refractivity contribution in [3.63, 3.8) is 0 Å². The van der Waals surface area contributed by atoms with Crippen LogP contribution in [0.5, 0.6) is 0 Å². The number of hydrogen-bond acceptors (Lipinski definition) is 3. The molecule has 1 N–H and O–H groups in total. The third-order valence-electron chi connectivity index (χ3n) is 5.63. The first-order valence-electron chi connectivity index (χ1n) is 8.68. The van der Waals surface area contributed by atoms with Crippen LogP contribution in [-0.4, -0.2) is 49.4 Å². The summed E-state index contributed by atoms with van der Waals surface area (Å²) in [6, 6.07) is 7.32. The second-order valence-corrected chi connectivity index (χ2v) is 7.52. The molecule has 0 unspecified atom stereocenters. The van der Waals surface area contributed by atoms with Crippen molar-refractivity contribution in [2.75, 3.05) is 37.6 Å². The van der Waals surface area contributed by atoms with E-state index in [2.05, 4.69) is 5.32 Å². The number of halogens is 1. The Morgan fingerprint density at radius 3 is 2.79 bits per heavy atom. The Bertz CT molecular complexity index is 665. The largest absolute Gasteiger partial charge is 0.342 e. The number of anilines is 1. The third kappa shape index (κ3) is 2.80. The monoisotopic (exact) mass is 347 g/mol. The van der Waals surface area contributed by atoms with Gasteiger partial charge < -0.3 is 15.1 Å². The Labute approximate surface area is 146 Å². The second kappa shape index (κ2) is 6.37. The zero-order valence-electron chi connectivity index (χ0n) is 13.6. The summed E-state index contributed by atoms with van der Waals surface area (Å²) in [5.41, 5.74) is 0.707. The van der Waals surface area contributed by atoms with Gasteiger partial charge in [0.25, 0.3) is 0 Å². The lowest BCUT2D eigenvalue weighted by Gasteiger charge is -2.35. The highest BCUT2D eigenvalue weighted by Gasteiger charge is 2.41. The van der Waals surface area contributed by atoms with Gasteiger partial charge in [-0.3, -0.25) is 9.59 Å². The normalized spacial score (nSPS) is 29.9. The third-order valence-corrected chi connectivity index (χ3v) is 5.95. The number of nitrogens with one attached hydrogen (secondary N) is 1. The number of amides is 2. The topological polar surface area (TPSA) is 52.7 Å². The molecule has 3 heterocycles. The van der Waals surface area contributed by atoms with E-state index in [1.807, 2.05) is 23.1 Å². The van der Waals surface area contributed by atoms with Crippen LogP contribution in [0.3, 0.4) is 0 Å². The number of rotatable bonds is 2. The van der Waals surface area contributed by atoms with E-state index in [1.165, 1.54) is 0 Å². The van der Waals surface area contributed by atoms with Gasteiger partial charge in [-0.2, -0.15) is 0 Å². The molecule has 0 aliphatic carbocycles. The molecule has 2 amide bonds.